The van der Waals surface area contributed by atoms with Crippen LogP contribution >= 0.6 is 0 Å². The molecule has 124 valence electrons. The molecule has 0 aromatic rings. The number of carbonyl (C=O) groups is 1. The van der Waals surface area contributed by atoms with Gasteiger partial charge in [-0.3, -0.25) is 4.79 Å². The molecule has 0 aromatic heterocycles. The summed E-state index contributed by atoms with van der Waals surface area (Å²) in [5.74, 6) is 2.62. The minimum atomic E-state index is -0.543. The third-order valence-corrected chi connectivity index (χ3v) is 8.44. The Balaban J connectivity index is 1.65. The van der Waals surface area contributed by atoms with Gasteiger partial charge in [0.1, 0.15) is 5.78 Å². The maximum atomic E-state index is 12.4. The fourth-order valence-electron chi connectivity index (χ4n) is 7.09. The maximum absolute atomic E-state index is 12.4. The van der Waals surface area contributed by atoms with Crippen molar-refractivity contribution in [2.24, 2.45) is 34.5 Å². The molecule has 4 aliphatic rings. The van der Waals surface area contributed by atoms with Gasteiger partial charge in [0.05, 0.1) is 12.2 Å². The highest BCUT2D eigenvalue weighted by molar-refractivity contribution is 5.87. The fraction of sp³-hybridized carbons (Fsp3) is 0.947. The van der Waals surface area contributed by atoms with Gasteiger partial charge in [0.25, 0.3) is 0 Å². The highest BCUT2D eigenvalue weighted by atomic mass is 16.3. The number of aliphatic hydroxyl groups excluding tert-OH is 2. The Morgan fingerprint density at radius 2 is 1.68 bits per heavy atom. The Kier molecular flexibility index (Phi) is 3.30. The molecule has 0 saturated heterocycles. The van der Waals surface area contributed by atoms with E-state index in [0.29, 0.717) is 23.5 Å². The summed E-state index contributed by atoms with van der Waals surface area (Å²) in [5.41, 5.74) is 0.103. The van der Waals surface area contributed by atoms with Crippen LogP contribution in [0.15, 0.2) is 0 Å². The second-order valence-electron chi connectivity index (χ2n) is 9.08. The topological polar surface area (TPSA) is 57.5 Å². The van der Waals surface area contributed by atoms with Gasteiger partial charge in [0.15, 0.2) is 0 Å². The van der Waals surface area contributed by atoms with E-state index in [1.54, 1.807) is 0 Å². The molecule has 0 spiro atoms. The summed E-state index contributed by atoms with van der Waals surface area (Å²) >= 11 is 0. The average Bonchev–Trinajstić information content (AvgIpc) is 2.79. The first-order chi connectivity index (χ1) is 10.4. The van der Waals surface area contributed by atoms with Crippen LogP contribution in [0.3, 0.4) is 0 Å². The molecule has 8 atom stereocenters. The van der Waals surface area contributed by atoms with E-state index >= 15 is 0 Å². The third kappa shape index (κ3) is 1.78. The van der Waals surface area contributed by atoms with Gasteiger partial charge in [-0.05, 0) is 74.0 Å². The summed E-state index contributed by atoms with van der Waals surface area (Å²) in [4.78, 5) is 12.4. The van der Waals surface area contributed by atoms with Gasteiger partial charge in [-0.1, -0.05) is 13.8 Å². The molecular formula is C19H30O3. The van der Waals surface area contributed by atoms with Crippen molar-refractivity contribution in [2.75, 3.05) is 0 Å². The number of hydrogen-bond donors (Lipinski definition) is 2. The summed E-state index contributed by atoms with van der Waals surface area (Å²) in [6.45, 7) is 4.58. The summed E-state index contributed by atoms with van der Waals surface area (Å²) in [6, 6.07) is 0. The van der Waals surface area contributed by atoms with Crippen LogP contribution in [0.4, 0.5) is 0 Å². The summed E-state index contributed by atoms with van der Waals surface area (Å²) in [7, 11) is 0. The van der Waals surface area contributed by atoms with Crippen molar-refractivity contribution in [3.63, 3.8) is 0 Å². The molecule has 0 amide bonds. The Bertz CT molecular complexity index is 489. The molecule has 0 aliphatic heterocycles. The van der Waals surface area contributed by atoms with Gasteiger partial charge in [0.2, 0.25) is 0 Å². The molecule has 0 unspecified atom stereocenters. The van der Waals surface area contributed by atoms with Crippen LogP contribution in [0.1, 0.15) is 65.2 Å². The van der Waals surface area contributed by atoms with Gasteiger partial charge in [0, 0.05) is 11.8 Å². The van der Waals surface area contributed by atoms with Crippen LogP contribution < -0.4 is 0 Å². The molecule has 2 N–H and O–H groups in total. The zero-order chi connectivity index (χ0) is 15.7. The Morgan fingerprint density at radius 3 is 2.45 bits per heavy atom. The number of carbonyl (C=O) groups excluding carboxylic acids is 1. The van der Waals surface area contributed by atoms with Crippen molar-refractivity contribution in [3.05, 3.63) is 0 Å². The molecule has 3 nitrogen and oxygen atoms in total. The first-order valence-corrected chi connectivity index (χ1v) is 9.27. The van der Waals surface area contributed by atoms with Crippen molar-refractivity contribution in [2.45, 2.75) is 77.4 Å². The van der Waals surface area contributed by atoms with Crippen molar-refractivity contribution in [3.8, 4) is 0 Å². The lowest BCUT2D eigenvalue weighted by molar-refractivity contribution is -0.173. The first-order valence-electron chi connectivity index (χ1n) is 9.27. The molecule has 3 heteroatoms. The zero-order valence-corrected chi connectivity index (χ0v) is 13.9. The molecule has 0 aromatic carbocycles. The number of fused-ring (bicyclic) bond motifs is 5. The number of rotatable bonds is 0. The molecule has 0 bridgehead atoms. The van der Waals surface area contributed by atoms with Crippen molar-refractivity contribution in [1.29, 1.82) is 0 Å². The highest BCUT2D eigenvalue weighted by Crippen LogP contribution is 2.65. The predicted molar refractivity (Wildman–Crippen MR) is 84.1 cm³/mol. The second-order valence-corrected chi connectivity index (χ2v) is 9.08. The largest absolute Gasteiger partial charge is 0.390 e. The van der Waals surface area contributed by atoms with E-state index in [9.17, 15) is 15.0 Å². The fourth-order valence-corrected chi connectivity index (χ4v) is 7.09. The number of aliphatic hydroxyl groups is 2. The lowest BCUT2D eigenvalue weighted by atomic mass is 9.45. The Morgan fingerprint density at radius 1 is 0.909 bits per heavy atom. The molecule has 4 fully saturated rings. The maximum Gasteiger partial charge on any atom is 0.139 e. The van der Waals surface area contributed by atoms with Crippen molar-refractivity contribution < 1.29 is 15.0 Å². The van der Waals surface area contributed by atoms with Crippen LogP contribution in [0.5, 0.6) is 0 Å². The van der Waals surface area contributed by atoms with Crippen LogP contribution in [0.25, 0.3) is 0 Å². The van der Waals surface area contributed by atoms with Gasteiger partial charge >= 0.3 is 0 Å². The smallest absolute Gasteiger partial charge is 0.139 e. The molecule has 0 radical (unpaired) electrons. The number of hydrogen-bond acceptors (Lipinski definition) is 3. The normalized spacial score (nSPS) is 57.9. The molecule has 4 rings (SSSR count). The quantitative estimate of drug-likeness (QED) is 0.723. The highest BCUT2D eigenvalue weighted by Gasteiger charge is 2.61. The summed E-state index contributed by atoms with van der Waals surface area (Å²) in [5, 5.41) is 20.6. The summed E-state index contributed by atoms with van der Waals surface area (Å²) in [6.07, 6.45) is 6.91. The number of ketones is 1. The van der Waals surface area contributed by atoms with Crippen LogP contribution in [0, 0.1) is 34.5 Å². The lowest BCUT2D eigenvalue weighted by Crippen LogP contribution is -2.58. The molecule has 0 heterocycles. The monoisotopic (exact) mass is 306 g/mol. The predicted octanol–water partition coefficient (Wildman–Crippen LogP) is 2.93. The molecule has 22 heavy (non-hydrogen) atoms. The van der Waals surface area contributed by atoms with Crippen molar-refractivity contribution in [1.82, 2.24) is 0 Å². The van der Waals surface area contributed by atoms with E-state index in [0.717, 1.165) is 51.4 Å². The van der Waals surface area contributed by atoms with Crippen LogP contribution in [0.2, 0.25) is 0 Å². The van der Waals surface area contributed by atoms with Crippen LogP contribution in [-0.4, -0.2) is 28.2 Å². The Labute approximate surface area is 133 Å². The minimum absolute atomic E-state index is 0.0584. The van der Waals surface area contributed by atoms with E-state index in [2.05, 4.69) is 13.8 Å². The molecular weight excluding hydrogens is 276 g/mol. The van der Waals surface area contributed by atoms with Crippen molar-refractivity contribution >= 4 is 5.78 Å². The van der Waals surface area contributed by atoms with E-state index in [1.165, 1.54) is 0 Å². The number of Topliss-reactive ketones (excluding diaryl/α,β-unsaturated/α-hetero) is 1. The van der Waals surface area contributed by atoms with Gasteiger partial charge < -0.3 is 10.2 Å². The molecule has 4 saturated carbocycles. The average molecular weight is 306 g/mol. The molecule has 4 aliphatic carbocycles. The Hall–Kier alpha value is -0.410. The minimum Gasteiger partial charge on any atom is -0.390 e. The summed E-state index contributed by atoms with van der Waals surface area (Å²) < 4.78 is 0. The van der Waals surface area contributed by atoms with Gasteiger partial charge in [-0.2, -0.15) is 0 Å². The SMILES string of the molecule is C[C@@]12CC[C@H](O)[C@@H](O)[C@H]1CC[C@H]1[C@H]2CC[C@@]2(C)C(=O)CC[C@H]12. The zero-order valence-electron chi connectivity index (χ0n) is 13.9. The van der Waals surface area contributed by atoms with E-state index < -0.39 is 12.2 Å². The van der Waals surface area contributed by atoms with Gasteiger partial charge in [-0.25, -0.2) is 0 Å². The van der Waals surface area contributed by atoms with E-state index in [1.807, 2.05) is 0 Å². The van der Waals surface area contributed by atoms with E-state index in [4.69, 9.17) is 0 Å². The third-order valence-electron chi connectivity index (χ3n) is 8.44. The van der Waals surface area contributed by atoms with Crippen LogP contribution in [-0.2, 0) is 4.79 Å². The lowest BCUT2D eigenvalue weighted by Gasteiger charge is -2.61. The van der Waals surface area contributed by atoms with Gasteiger partial charge in [-0.15, -0.1) is 0 Å². The van der Waals surface area contributed by atoms with E-state index in [-0.39, 0.29) is 16.7 Å². The standard InChI is InChI=1S/C19H30O3/c1-18-10-8-15(20)17(22)14(18)4-3-11-12-5-6-16(21)19(12,2)9-7-13(11)18/h11-15,17,20,22H,3-10H2,1-2H3/t11-,12-,13-,14-,15+,17+,18+,19-/m1/s1. The second kappa shape index (κ2) is 4.80. The first kappa shape index (κ1) is 15.1.